The number of aromatic nitrogens is 2. The molecule has 0 saturated carbocycles. The van der Waals surface area contributed by atoms with Gasteiger partial charge in [0.1, 0.15) is 5.82 Å². The van der Waals surface area contributed by atoms with Gasteiger partial charge in [-0.15, -0.1) is 0 Å². The number of rotatable bonds is 7. The predicted molar refractivity (Wildman–Crippen MR) is 112 cm³/mol. The second kappa shape index (κ2) is 9.32. The van der Waals surface area contributed by atoms with Crippen molar-refractivity contribution in [3.63, 3.8) is 0 Å². The van der Waals surface area contributed by atoms with Gasteiger partial charge in [-0.05, 0) is 24.6 Å². The van der Waals surface area contributed by atoms with Crippen LogP contribution >= 0.6 is 11.6 Å². The van der Waals surface area contributed by atoms with Crippen molar-refractivity contribution in [3.8, 4) is 11.3 Å². The van der Waals surface area contributed by atoms with Crippen LogP contribution in [0, 0.1) is 0 Å². The van der Waals surface area contributed by atoms with Crippen molar-refractivity contribution >= 4 is 23.4 Å². The number of anilines is 2. The van der Waals surface area contributed by atoms with Crippen molar-refractivity contribution in [2.45, 2.75) is 19.2 Å². The average Bonchev–Trinajstić information content (AvgIpc) is 2.71. The fourth-order valence-corrected chi connectivity index (χ4v) is 3.11. The Kier molecular flexibility index (Phi) is 6.79. The Hall–Kier alpha value is -2.84. The molecule has 0 aliphatic heterocycles. The summed E-state index contributed by atoms with van der Waals surface area (Å²) in [5.74, 6) is 0.727. The molecule has 3 aromatic rings. The number of nitrogens with zero attached hydrogens (tertiary/aromatic N) is 2. The zero-order valence-electron chi connectivity index (χ0n) is 16.0. The summed E-state index contributed by atoms with van der Waals surface area (Å²) in [5, 5.41) is 16.0. The smallest absolute Gasteiger partial charge is 0.387 e. The maximum absolute atomic E-state index is 13.0. The van der Waals surface area contributed by atoms with Crippen LogP contribution in [0.1, 0.15) is 24.2 Å². The lowest BCUT2D eigenvalue weighted by atomic mass is 10.1. The number of benzene rings is 2. The number of hydrogen-bond donors (Lipinski definition) is 3. The molecule has 1 atom stereocenters. The number of halogens is 4. The van der Waals surface area contributed by atoms with Crippen LogP contribution in [0.2, 0.25) is 5.02 Å². The molecular weight excluding hydrogens is 417 g/mol. The SMILES string of the molecule is CCNc1nc(NCC(O)c2ccccc2)cc(-c2ccc(C(F)(F)F)c(Cl)c2)n1. The van der Waals surface area contributed by atoms with E-state index < -0.39 is 22.9 Å². The number of nitrogens with one attached hydrogen (secondary N) is 2. The van der Waals surface area contributed by atoms with Crippen LogP contribution < -0.4 is 10.6 Å². The van der Waals surface area contributed by atoms with E-state index in [4.69, 9.17) is 11.6 Å². The van der Waals surface area contributed by atoms with Gasteiger partial charge in [0, 0.05) is 24.7 Å². The first kappa shape index (κ1) is 21.9. The van der Waals surface area contributed by atoms with Crippen molar-refractivity contribution in [2.75, 3.05) is 23.7 Å². The molecule has 1 aromatic heterocycles. The summed E-state index contributed by atoms with van der Waals surface area (Å²) in [6.07, 6.45) is -5.29. The van der Waals surface area contributed by atoms with E-state index in [1.165, 1.54) is 12.1 Å². The molecule has 9 heteroatoms. The molecule has 0 spiro atoms. The van der Waals surface area contributed by atoms with E-state index in [0.29, 0.717) is 29.6 Å². The van der Waals surface area contributed by atoms with Crippen molar-refractivity contribution in [1.82, 2.24) is 9.97 Å². The van der Waals surface area contributed by atoms with E-state index in [-0.39, 0.29) is 6.54 Å². The molecule has 1 heterocycles. The van der Waals surface area contributed by atoms with Crippen LogP contribution in [0.4, 0.5) is 24.9 Å². The molecule has 30 heavy (non-hydrogen) atoms. The summed E-state index contributed by atoms with van der Waals surface area (Å²) in [6.45, 7) is 2.63. The van der Waals surface area contributed by atoms with Gasteiger partial charge >= 0.3 is 6.18 Å². The maximum Gasteiger partial charge on any atom is 0.417 e. The lowest BCUT2D eigenvalue weighted by Gasteiger charge is -2.15. The summed E-state index contributed by atoms with van der Waals surface area (Å²) in [5.41, 5.74) is 0.661. The molecule has 5 nitrogen and oxygen atoms in total. The van der Waals surface area contributed by atoms with Crippen LogP contribution in [0.3, 0.4) is 0 Å². The Labute approximate surface area is 177 Å². The van der Waals surface area contributed by atoms with Crippen molar-refractivity contribution in [2.24, 2.45) is 0 Å². The highest BCUT2D eigenvalue weighted by molar-refractivity contribution is 6.31. The van der Waals surface area contributed by atoms with Crippen molar-refractivity contribution < 1.29 is 18.3 Å². The maximum atomic E-state index is 13.0. The van der Waals surface area contributed by atoms with Gasteiger partial charge in [0.25, 0.3) is 0 Å². The van der Waals surface area contributed by atoms with E-state index >= 15 is 0 Å². The van der Waals surface area contributed by atoms with Gasteiger partial charge in [-0.1, -0.05) is 48.0 Å². The molecule has 0 fully saturated rings. The Morgan fingerprint density at radius 2 is 1.77 bits per heavy atom. The number of alkyl halides is 3. The normalized spacial score (nSPS) is 12.5. The van der Waals surface area contributed by atoms with E-state index in [1.54, 1.807) is 6.07 Å². The number of aliphatic hydroxyl groups is 1. The first-order valence-corrected chi connectivity index (χ1v) is 9.62. The van der Waals surface area contributed by atoms with Crippen molar-refractivity contribution in [1.29, 1.82) is 0 Å². The molecule has 3 N–H and O–H groups in total. The molecule has 1 unspecified atom stereocenters. The second-order valence-electron chi connectivity index (χ2n) is 6.49. The Balaban J connectivity index is 1.87. The zero-order valence-corrected chi connectivity index (χ0v) is 16.8. The molecule has 0 aliphatic carbocycles. The summed E-state index contributed by atoms with van der Waals surface area (Å²) < 4.78 is 38.9. The lowest BCUT2D eigenvalue weighted by molar-refractivity contribution is -0.137. The summed E-state index contributed by atoms with van der Waals surface area (Å²) in [7, 11) is 0. The number of aliphatic hydroxyl groups excluding tert-OH is 1. The molecule has 0 saturated heterocycles. The minimum absolute atomic E-state index is 0.194. The van der Waals surface area contributed by atoms with Crippen molar-refractivity contribution in [3.05, 3.63) is 70.7 Å². The first-order valence-electron chi connectivity index (χ1n) is 9.25. The van der Waals surface area contributed by atoms with Crippen LogP contribution in [-0.4, -0.2) is 28.2 Å². The molecule has 0 bridgehead atoms. The predicted octanol–water partition coefficient (Wildman–Crippen LogP) is 5.39. The Morgan fingerprint density at radius 3 is 2.40 bits per heavy atom. The molecule has 158 valence electrons. The second-order valence-corrected chi connectivity index (χ2v) is 6.90. The van der Waals surface area contributed by atoms with Crippen LogP contribution in [0.5, 0.6) is 0 Å². The fourth-order valence-electron chi connectivity index (χ4n) is 2.82. The monoisotopic (exact) mass is 436 g/mol. The van der Waals surface area contributed by atoms with Gasteiger partial charge in [-0.2, -0.15) is 18.2 Å². The van der Waals surface area contributed by atoms with Crippen LogP contribution in [0.15, 0.2) is 54.6 Å². The number of hydrogen-bond acceptors (Lipinski definition) is 5. The van der Waals surface area contributed by atoms with E-state index in [9.17, 15) is 18.3 Å². The summed E-state index contributed by atoms with van der Waals surface area (Å²) in [4.78, 5) is 8.68. The Bertz CT molecular complexity index is 999. The largest absolute Gasteiger partial charge is 0.417 e. The van der Waals surface area contributed by atoms with Gasteiger partial charge < -0.3 is 15.7 Å². The molecule has 2 aromatic carbocycles. The van der Waals surface area contributed by atoms with E-state index in [2.05, 4.69) is 20.6 Å². The standard InChI is InChI=1S/C21H20ClF3N4O/c1-2-26-20-28-17(14-8-9-15(16(22)10-14)21(23,24)25)11-19(29-20)27-12-18(30)13-6-4-3-5-7-13/h3-11,18,30H,2,12H2,1H3,(H2,26,27,28,29). The van der Waals surface area contributed by atoms with Crippen LogP contribution in [-0.2, 0) is 6.18 Å². The first-order chi connectivity index (χ1) is 14.3. The highest BCUT2D eigenvalue weighted by atomic mass is 35.5. The third-order valence-corrected chi connectivity index (χ3v) is 4.60. The highest BCUT2D eigenvalue weighted by Crippen LogP contribution is 2.36. The van der Waals surface area contributed by atoms with Gasteiger partial charge in [-0.25, -0.2) is 4.98 Å². The molecular formula is C21H20ClF3N4O. The third kappa shape index (κ3) is 5.40. The topological polar surface area (TPSA) is 70.1 Å². The molecule has 0 radical (unpaired) electrons. The fraction of sp³-hybridized carbons (Fsp3) is 0.238. The summed E-state index contributed by atoms with van der Waals surface area (Å²) in [6, 6.07) is 14.2. The minimum Gasteiger partial charge on any atom is -0.387 e. The Morgan fingerprint density at radius 1 is 1.03 bits per heavy atom. The van der Waals surface area contributed by atoms with E-state index in [0.717, 1.165) is 11.6 Å². The van der Waals surface area contributed by atoms with Gasteiger partial charge in [-0.3, -0.25) is 0 Å². The molecule has 3 rings (SSSR count). The van der Waals surface area contributed by atoms with Crippen LogP contribution in [0.25, 0.3) is 11.3 Å². The lowest BCUT2D eigenvalue weighted by Crippen LogP contribution is -2.14. The van der Waals surface area contributed by atoms with E-state index in [1.807, 2.05) is 37.3 Å². The summed E-state index contributed by atoms with van der Waals surface area (Å²) >= 11 is 5.85. The average molecular weight is 437 g/mol. The quantitative estimate of drug-likeness (QED) is 0.463. The molecule has 0 aliphatic rings. The highest BCUT2D eigenvalue weighted by Gasteiger charge is 2.33. The zero-order chi connectivity index (χ0) is 21.7. The van der Waals surface area contributed by atoms with Gasteiger partial charge in [0.05, 0.1) is 22.4 Å². The van der Waals surface area contributed by atoms with Gasteiger partial charge in [0.2, 0.25) is 5.95 Å². The molecule has 0 amide bonds. The third-order valence-electron chi connectivity index (χ3n) is 4.29. The minimum atomic E-state index is -4.53. The van der Waals surface area contributed by atoms with Gasteiger partial charge in [0.15, 0.2) is 0 Å².